The molecule has 7 heteroatoms. The van der Waals surface area contributed by atoms with Crippen LogP contribution in [0.4, 0.5) is 0 Å². The molecular formula is C20H23NO5S. The SMILES string of the molecule is COc1ccc(CCC(=O)N2CC(S(=O)(=O)c3ccc(OC)cc3)C2)cc1. The van der Waals surface area contributed by atoms with Crippen LogP contribution >= 0.6 is 0 Å². The third-order valence-corrected chi connectivity index (χ3v) is 6.92. The lowest BCUT2D eigenvalue weighted by molar-refractivity contribution is -0.134. The van der Waals surface area contributed by atoms with Gasteiger partial charge >= 0.3 is 0 Å². The molecule has 0 unspecified atom stereocenters. The first-order chi connectivity index (χ1) is 12.9. The molecule has 0 atom stereocenters. The van der Waals surface area contributed by atoms with Crippen LogP contribution < -0.4 is 9.47 Å². The van der Waals surface area contributed by atoms with Gasteiger partial charge in [0.15, 0.2) is 9.84 Å². The van der Waals surface area contributed by atoms with Crippen LogP contribution in [-0.4, -0.2) is 51.8 Å². The van der Waals surface area contributed by atoms with Gasteiger partial charge in [0.1, 0.15) is 16.7 Å². The second-order valence-electron chi connectivity index (χ2n) is 6.49. The maximum atomic E-state index is 12.6. The molecule has 1 heterocycles. The van der Waals surface area contributed by atoms with E-state index in [-0.39, 0.29) is 23.9 Å². The van der Waals surface area contributed by atoms with E-state index in [9.17, 15) is 13.2 Å². The number of hydrogen-bond acceptors (Lipinski definition) is 5. The number of carbonyl (C=O) groups excluding carboxylic acids is 1. The maximum Gasteiger partial charge on any atom is 0.222 e. The van der Waals surface area contributed by atoms with Crippen molar-refractivity contribution in [2.75, 3.05) is 27.3 Å². The van der Waals surface area contributed by atoms with E-state index >= 15 is 0 Å². The molecule has 144 valence electrons. The summed E-state index contributed by atoms with van der Waals surface area (Å²) in [6, 6.07) is 13.9. The molecule has 2 aromatic carbocycles. The second kappa shape index (κ2) is 8.00. The molecule has 0 spiro atoms. The Kier molecular flexibility index (Phi) is 5.70. The zero-order chi connectivity index (χ0) is 19.4. The zero-order valence-corrected chi connectivity index (χ0v) is 16.2. The highest BCUT2D eigenvalue weighted by Gasteiger charge is 2.40. The van der Waals surface area contributed by atoms with Crippen LogP contribution in [0.5, 0.6) is 11.5 Å². The number of ether oxygens (including phenoxy) is 2. The second-order valence-corrected chi connectivity index (χ2v) is 8.72. The van der Waals surface area contributed by atoms with Gasteiger partial charge in [-0.2, -0.15) is 0 Å². The summed E-state index contributed by atoms with van der Waals surface area (Å²) in [5, 5.41) is -0.546. The number of benzene rings is 2. The number of sulfone groups is 1. The third kappa shape index (κ3) is 4.24. The summed E-state index contributed by atoms with van der Waals surface area (Å²) in [7, 11) is -0.289. The van der Waals surface area contributed by atoms with Crippen molar-refractivity contribution in [3.8, 4) is 11.5 Å². The van der Waals surface area contributed by atoms with Crippen LogP contribution in [0.15, 0.2) is 53.4 Å². The summed E-state index contributed by atoms with van der Waals surface area (Å²) in [5.41, 5.74) is 1.05. The molecular weight excluding hydrogens is 366 g/mol. The van der Waals surface area contributed by atoms with Gasteiger partial charge in [0.25, 0.3) is 0 Å². The first-order valence-electron chi connectivity index (χ1n) is 8.72. The summed E-state index contributed by atoms with van der Waals surface area (Å²) in [4.78, 5) is 14.2. The topological polar surface area (TPSA) is 72.9 Å². The Bertz CT molecular complexity index is 885. The normalized spacial score (nSPS) is 14.5. The molecule has 0 saturated carbocycles. The molecule has 1 saturated heterocycles. The summed E-state index contributed by atoms with van der Waals surface area (Å²) in [5.74, 6) is 1.37. The van der Waals surface area contributed by atoms with E-state index in [1.54, 1.807) is 36.3 Å². The van der Waals surface area contributed by atoms with E-state index in [1.165, 1.54) is 7.11 Å². The van der Waals surface area contributed by atoms with Crippen LogP contribution in [0.3, 0.4) is 0 Å². The average Bonchev–Trinajstić information content (AvgIpc) is 2.65. The number of aryl methyl sites for hydroxylation is 1. The van der Waals surface area contributed by atoms with Gasteiger partial charge in [-0.3, -0.25) is 4.79 Å². The smallest absolute Gasteiger partial charge is 0.222 e. The van der Waals surface area contributed by atoms with Crippen molar-refractivity contribution in [2.45, 2.75) is 23.0 Å². The largest absolute Gasteiger partial charge is 0.497 e. The lowest BCUT2D eigenvalue weighted by atomic mass is 10.1. The Morgan fingerprint density at radius 2 is 1.48 bits per heavy atom. The van der Waals surface area contributed by atoms with Gasteiger partial charge in [0.05, 0.1) is 19.1 Å². The third-order valence-electron chi connectivity index (χ3n) is 4.81. The fourth-order valence-corrected chi connectivity index (χ4v) is 4.65. The fraction of sp³-hybridized carbons (Fsp3) is 0.350. The van der Waals surface area contributed by atoms with Crippen LogP contribution in [0.2, 0.25) is 0 Å². The molecule has 0 N–H and O–H groups in total. The first-order valence-corrected chi connectivity index (χ1v) is 10.3. The molecule has 1 amide bonds. The predicted octanol–water partition coefficient (Wildman–Crippen LogP) is 2.32. The highest BCUT2D eigenvalue weighted by molar-refractivity contribution is 7.92. The van der Waals surface area contributed by atoms with Crippen molar-refractivity contribution >= 4 is 15.7 Å². The van der Waals surface area contributed by atoms with Crippen molar-refractivity contribution in [3.05, 3.63) is 54.1 Å². The Balaban J connectivity index is 1.52. The summed E-state index contributed by atoms with van der Waals surface area (Å²) < 4.78 is 35.4. The molecule has 27 heavy (non-hydrogen) atoms. The molecule has 2 aromatic rings. The minimum absolute atomic E-state index is 0.0213. The maximum absolute atomic E-state index is 12.6. The van der Waals surface area contributed by atoms with Crippen molar-refractivity contribution in [2.24, 2.45) is 0 Å². The Morgan fingerprint density at radius 1 is 0.963 bits per heavy atom. The Morgan fingerprint density at radius 3 is 2.00 bits per heavy atom. The standard InChI is InChI=1S/C20H23NO5S/c1-25-16-6-3-15(4-7-16)5-12-20(22)21-13-19(14-21)27(23,24)18-10-8-17(26-2)9-11-18/h3-4,6-11,19H,5,12-14H2,1-2H3. The van der Waals surface area contributed by atoms with E-state index in [0.29, 0.717) is 18.6 Å². The zero-order valence-electron chi connectivity index (χ0n) is 15.4. The van der Waals surface area contributed by atoms with Crippen LogP contribution in [-0.2, 0) is 21.1 Å². The molecule has 0 bridgehead atoms. The van der Waals surface area contributed by atoms with Crippen molar-refractivity contribution in [1.82, 2.24) is 4.90 Å². The van der Waals surface area contributed by atoms with Crippen LogP contribution in [0.1, 0.15) is 12.0 Å². The highest BCUT2D eigenvalue weighted by Crippen LogP contribution is 2.26. The quantitative estimate of drug-likeness (QED) is 0.727. The molecule has 3 rings (SSSR count). The first kappa shape index (κ1) is 19.2. The lowest BCUT2D eigenvalue weighted by Gasteiger charge is -2.38. The molecule has 0 aromatic heterocycles. The number of methoxy groups -OCH3 is 2. The fourth-order valence-electron chi connectivity index (χ4n) is 3.00. The summed E-state index contributed by atoms with van der Waals surface area (Å²) >= 11 is 0. The van der Waals surface area contributed by atoms with Gasteiger partial charge < -0.3 is 14.4 Å². The van der Waals surface area contributed by atoms with Gasteiger partial charge in [0, 0.05) is 19.5 Å². The monoisotopic (exact) mass is 389 g/mol. The van der Waals surface area contributed by atoms with Gasteiger partial charge in [-0.25, -0.2) is 8.42 Å². The number of rotatable bonds is 7. The average molecular weight is 389 g/mol. The van der Waals surface area contributed by atoms with E-state index in [4.69, 9.17) is 9.47 Å². The van der Waals surface area contributed by atoms with Crippen LogP contribution in [0.25, 0.3) is 0 Å². The lowest BCUT2D eigenvalue weighted by Crippen LogP contribution is -2.56. The van der Waals surface area contributed by atoms with Crippen LogP contribution in [0, 0.1) is 0 Å². The van der Waals surface area contributed by atoms with Crippen molar-refractivity contribution in [3.63, 3.8) is 0 Å². The molecule has 1 aliphatic rings. The van der Waals surface area contributed by atoms with E-state index < -0.39 is 15.1 Å². The molecule has 1 fully saturated rings. The molecule has 0 radical (unpaired) electrons. The number of nitrogens with zero attached hydrogens (tertiary/aromatic N) is 1. The van der Waals surface area contributed by atoms with Gasteiger partial charge in [-0.15, -0.1) is 0 Å². The molecule has 0 aliphatic carbocycles. The minimum atomic E-state index is -3.43. The molecule has 1 aliphatic heterocycles. The summed E-state index contributed by atoms with van der Waals surface area (Å²) in [6.45, 7) is 0.492. The predicted molar refractivity (Wildman–Crippen MR) is 102 cm³/mol. The van der Waals surface area contributed by atoms with Crippen molar-refractivity contribution < 1.29 is 22.7 Å². The van der Waals surface area contributed by atoms with E-state index in [2.05, 4.69) is 0 Å². The number of hydrogen-bond donors (Lipinski definition) is 0. The van der Waals surface area contributed by atoms with Crippen molar-refractivity contribution in [1.29, 1.82) is 0 Å². The number of carbonyl (C=O) groups is 1. The van der Waals surface area contributed by atoms with E-state index in [0.717, 1.165) is 11.3 Å². The Hall–Kier alpha value is -2.54. The molecule has 6 nitrogen and oxygen atoms in total. The van der Waals surface area contributed by atoms with Gasteiger partial charge in [-0.05, 0) is 48.4 Å². The van der Waals surface area contributed by atoms with E-state index in [1.807, 2.05) is 24.3 Å². The Labute approximate surface area is 159 Å². The minimum Gasteiger partial charge on any atom is -0.497 e. The van der Waals surface area contributed by atoms with Gasteiger partial charge in [-0.1, -0.05) is 12.1 Å². The van der Waals surface area contributed by atoms with Gasteiger partial charge in [0.2, 0.25) is 5.91 Å². The number of likely N-dealkylation sites (tertiary alicyclic amines) is 1. The summed E-state index contributed by atoms with van der Waals surface area (Å²) in [6.07, 6.45) is 0.983. The highest BCUT2D eigenvalue weighted by atomic mass is 32.2. The number of amides is 1.